The number of benzene rings is 1. The van der Waals surface area contributed by atoms with E-state index in [1.807, 2.05) is 0 Å². The summed E-state index contributed by atoms with van der Waals surface area (Å²) >= 11 is 0. The van der Waals surface area contributed by atoms with E-state index < -0.39 is 17.4 Å². The van der Waals surface area contributed by atoms with Crippen molar-refractivity contribution in [3.05, 3.63) is 51.8 Å². The van der Waals surface area contributed by atoms with Crippen molar-refractivity contribution < 1.29 is 19.1 Å². The SMILES string of the molecule is Nc1c2c(cc(=O)n1-c1ccccc1OCCN1CCOCC1)C(=O)NC2=O. The molecule has 2 amide bonds. The lowest BCUT2D eigenvalue weighted by atomic mass is 10.1. The zero-order valence-corrected chi connectivity index (χ0v) is 15.1. The van der Waals surface area contributed by atoms with Gasteiger partial charge in [0.15, 0.2) is 0 Å². The fourth-order valence-electron chi connectivity index (χ4n) is 3.40. The Bertz CT molecular complexity index is 994. The molecular weight excluding hydrogens is 364 g/mol. The molecule has 9 heteroatoms. The number of nitrogen functional groups attached to an aromatic ring is 1. The van der Waals surface area contributed by atoms with Crippen LogP contribution >= 0.6 is 0 Å². The van der Waals surface area contributed by atoms with Crippen LogP contribution in [0.25, 0.3) is 5.69 Å². The molecular formula is C19H20N4O5. The predicted molar refractivity (Wildman–Crippen MR) is 101 cm³/mol. The molecule has 2 aliphatic heterocycles. The number of imide groups is 1. The van der Waals surface area contributed by atoms with E-state index >= 15 is 0 Å². The standard InChI is InChI=1S/C19H20N4O5/c20-17-16-12(18(25)21-19(16)26)11-15(24)23(17)13-3-1-2-4-14(13)28-10-7-22-5-8-27-9-6-22/h1-4,11H,5-10,20H2,(H,21,25,26). The van der Waals surface area contributed by atoms with Gasteiger partial charge < -0.3 is 15.2 Å². The monoisotopic (exact) mass is 384 g/mol. The van der Waals surface area contributed by atoms with Crippen molar-refractivity contribution in [3.8, 4) is 11.4 Å². The Balaban J connectivity index is 1.64. The van der Waals surface area contributed by atoms with Crippen molar-refractivity contribution >= 4 is 17.6 Å². The van der Waals surface area contributed by atoms with Crippen molar-refractivity contribution in [2.75, 3.05) is 45.2 Å². The number of nitrogens with two attached hydrogens (primary N) is 1. The number of carbonyl (C=O) groups excluding carboxylic acids is 2. The summed E-state index contributed by atoms with van der Waals surface area (Å²) in [4.78, 5) is 38.7. The van der Waals surface area contributed by atoms with Gasteiger partial charge in [0.05, 0.1) is 30.0 Å². The minimum atomic E-state index is -0.619. The Morgan fingerprint density at radius 3 is 2.64 bits per heavy atom. The number of ether oxygens (including phenoxy) is 2. The number of aromatic nitrogens is 1. The summed E-state index contributed by atoms with van der Waals surface area (Å²) < 4.78 is 12.4. The highest BCUT2D eigenvalue weighted by Gasteiger charge is 2.32. The maximum Gasteiger partial charge on any atom is 0.262 e. The van der Waals surface area contributed by atoms with Gasteiger partial charge in [-0.05, 0) is 12.1 Å². The number of hydrogen-bond acceptors (Lipinski definition) is 7. The van der Waals surface area contributed by atoms with Gasteiger partial charge in [0, 0.05) is 25.7 Å². The van der Waals surface area contributed by atoms with Crippen LogP contribution in [0.2, 0.25) is 0 Å². The number of fused-ring (bicyclic) bond motifs is 1. The molecule has 3 N–H and O–H groups in total. The highest BCUT2D eigenvalue weighted by molar-refractivity contribution is 6.23. The van der Waals surface area contributed by atoms with Gasteiger partial charge in [-0.2, -0.15) is 0 Å². The molecule has 0 atom stereocenters. The van der Waals surface area contributed by atoms with Gasteiger partial charge in [-0.1, -0.05) is 12.1 Å². The Labute approximate surface area is 160 Å². The number of nitrogens with zero attached hydrogens (tertiary/aromatic N) is 2. The number of anilines is 1. The van der Waals surface area contributed by atoms with Crippen molar-refractivity contribution in [1.82, 2.24) is 14.8 Å². The molecule has 0 bridgehead atoms. The topological polar surface area (TPSA) is 116 Å². The highest BCUT2D eigenvalue weighted by Crippen LogP contribution is 2.27. The fourth-order valence-corrected chi connectivity index (χ4v) is 3.40. The molecule has 2 aliphatic rings. The summed E-state index contributed by atoms with van der Waals surface area (Å²) in [5, 5.41) is 2.16. The van der Waals surface area contributed by atoms with Crippen molar-refractivity contribution in [3.63, 3.8) is 0 Å². The molecule has 1 aromatic heterocycles. The van der Waals surface area contributed by atoms with Gasteiger partial charge in [-0.3, -0.25) is 29.2 Å². The minimum Gasteiger partial charge on any atom is -0.490 e. The summed E-state index contributed by atoms with van der Waals surface area (Å²) in [6.45, 7) is 4.27. The smallest absolute Gasteiger partial charge is 0.262 e. The Morgan fingerprint density at radius 2 is 1.86 bits per heavy atom. The molecule has 0 saturated carbocycles. The van der Waals surface area contributed by atoms with E-state index in [0.29, 0.717) is 31.3 Å². The van der Waals surface area contributed by atoms with Crippen LogP contribution in [0.1, 0.15) is 20.7 Å². The number of morpholine rings is 1. The zero-order valence-electron chi connectivity index (χ0n) is 15.1. The highest BCUT2D eigenvalue weighted by atomic mass is 16.5. The van der Waals surface area contributed by atoms with Crippen LogP contribution in [0.3, 0.4) is 0 Å². The van der Waals surface area contributed by atoms with Crippen LogP contribution in [-0.4, -0.2) is 60.7 Å². The molecule has 0 radical (unpaired) electrons. The third kappa shape index (κ3) is 3.25. The molecule has 1 aromatic carbocycles. The van der Waals surface area contributed by atoms with E-state index in [1.165, 1.54) is 4.57 Å². The summed E-state index contributed by atoms with van der Waals surface area (Å²) in [5.74, 6) is -0.854. The fraction of sp³-hybridized carbons (Fsp3) is 0.316. The lowest BCUT2D eigenvalue weighted by molar-refractivity contribution is 0.0322. The number of hydrogen-bond donors (Lipinski definition) is 2. The number of rotatable bonds is 5. The first-order valence-corrected chi connectivity index (χ1v) is 9.00. The molecule has 28 heavy (non-hydrogen) atoms. The second-order valence-corrected chi connectivity index (χ2v) is 6.55. The number of nitrogens with one attached hydrogen (secondary N) is 1. The Hall–Kier alpha value is -3.17. The molecule has 1 saturated heterocycles. The molecule has 1 fully saturated rings. The summed E-state index contributed by atoms with van der Waals surface area (Å²) in [7, 11) is 0. The van der Waals surface area contributed by atoms with E-state index in [4.69, 9.17) is 15.2 Å². The normalized spacial score (nSPS) is 16.7. The first-order valence-electron chi connectivity index (χ1n) is 9.00. The maximum atomic E-state index is 12.6. The number of para-hydroxylation sites is 2. The largest absolute Gasteiger partial charge is 0.490 e. The van der Waals surface area contributed by atoms with Crippen LogP contribution in [-0.2, 0) is 4.74 Å². The van der Waals surface area contributed by atoms with E-state index in [1.54, 1.807) is 24.3 Å². The van der Waals surface area contributed by atoms with Crippen LogP contribution in [0.5, 0.6) is 5.75 Å². The van der Waals surface area contributed by atoms with E-state index in [-0.39, 0.29) is 16.9 Å². The average Bonchev–Trinajstić information content (AvgIpc) is 2.97. The van der Waals surface area contributed by atoms with Crippen LogP contribution in [0, 0.1) is 0 Å². The van der Waals surface area contributed by atoms with Gasteiger partial charge in [0.25, 0.3) is 17.4 Å². The lowest BCUT2D eigenvalue weighted by Gasteiger charge is -2.26. The summed E-state index contributed by atoms with van der Waals surface area (Å²) in [5.41, 5.74) is 6.02. The van der Waals surface area contributed by atoms with E-state index in [0.717, 1.165) is 25.7 Å². The molecule has 0 spiro atoms. The predicted octanol–water partition coefficient (Wildman–Crippen LogP) is 0.0143. The molecule has 2 aromatic rings. The lowest BCUT2D eigenvalue weighted by Crippen LogP contribution is -2.38. The van der Waals surface area contributed by atoms with E-state index in [9.17, 15) is 14.4 Å². The van der Waals surface area contributed by atoms with Crippen LogP contribution in [0.15, 0.2) is 35.1 Å². The molecule has 146 valence electrons. The minimum absolute atomic E-state index is 0.00512. The first kappa shape index (κ1) is 18.2. The van der Waals surface area contributed by atoms with Gasteiger partial charge in [0.2, 0.25) is 0 Å². The number of pyridine rings is 1. The van der Waals surface area contributed by atoms with Crippen molar-refractivity contribution in [2.24, 2.45) is 0 Å². The van der Waals surface area contributed by atoms with Gasteiger partial charge in [0.1, 0.15) is 18.2 Å². The number of carbonyl (C=O) groups is 2. The van der Waals surface area contributed by atoms with Crippen molar-refractivity contribution in [1.29, 1.82) is 0 Å². The van der Waals surface area contributed by atoms with Gasteiger partial charge in [-0.25, -0.2) is 0 Å². The number of amides is 2. The van der Waals surface area contributed by atoms with E-state index in [2.05, 4.69) is 10.2 Å². The molecule has 4 rings (SSSR count). The van der Waals surface area contributed by atoms with Crippen molar-refractivity contribution in [2.45, 2.75) is 0 Å². The Kier molecular flexibility index (Phi) is 4.84. The maximum absolute atomic E-state index is 12.6. The molecule has 3 heterocycles. The summed E-state index contributed by atoms with van der Waals surface area (Å²) in [6.07, 6.45) is 0. The summed E-state index contributed by atoms with van der Waals surface area (Å²) in [6, 6.07) is 8.07. The third-order valence-electron chi connectivity index (χ3n) is 4.83. The average molecular weight is 384 g/mol. The van der Waals surface area contributed by atoms with Gasteiger partial charge >= 0.3 is 0 Å². The molecule has 0 aliphatic carbocycles. The van der Waals surface area contributed by atoms with Crippen LogP contribution < -0.4 is 21.3 Å². The molecule has 0 unspecified atom stereocenters. The molecule has 9 nitrogen and oxygen atoms in total. The zero-order chi connectivity index (χ0) is 19.7. The quantitative estimate of drug-likeness (QED) is 0.698. The van der Waals surface area contributed by atoms with Gasteiger partial charge in [-0.15, -0.1) is 0 Å². The first-order chi connectivity index (χ1) is 13.6. The second kappa shape index (κ2) is 7.45. The second-order valence-electron chi connectivity index (χ2n) is 6.55. The Morgan fingerprint density at radius 1 is 1.11 bits per heavy atom. The third-order valence-corrected chi connectivity index (χ3v) is 4.83. The van der Waals surface area contributed by atoms with Crippen LogP contribution in [0.4, 0.5) is 5.82 Å².